The summed E-state index contributed by atoms with van der Waals surface area (Å²) in [6.07, 6.45) is 10.4. The maximum Gasteiger partial charge on any atom is 0.0965 e. The van der Waals surface area contributed by atoms with E-state index in [0.717, 1.165) is 19.0 Å². The number of rotatable bonds is 5. The summed E-state index contributed by atoms with van der Waals surface area (Å²) in [5.41, 5.74) is 0. The molecule has 0 saturated heterocycles. The molecule has 1 aliphatic carbocycles. The Morgan fingerprint density at radius 1 is 1.56 bits per heavy atom. The Labute approximate surface area is 102 Å². The van der Waals surface area contributed by atoms with E-state index < -0.39 is 0 Å². The van der Waals surface area contributed by atoms with E-state index in [2.05, 4.69) is 34.8 Å². The molecule has 1 N–H and O–H groups in total. The Bertz CT molecular complexity index is 319. The number of thiazole rings is 1. The molecule has 0 radical (unpaired) electrons. The van der Waals surface area contributed by atoms with Crippen LogP contribution in [0, 0.1) is 5.92 Å². The SMILES string of the molecule is CC(CNCC1CC=CCC1)c1nccs1. The number of aromatic nitrogens is 1. The third kappa shape index (κ3) is 3.42. The highest BCUT2D eigenvalue weighted by Gasteiger charge is 2.11. The first-order valence-electron chi connectivity index (χ1n) is 6.11. The van der Waals surface area contributed by atoms with Crippen molar-refractivity contribution >= 4 is 11.3 Å². The summed E-state index contributed by atoms with van der Waals surface area (Å²) >= 11 is 1.75. The Kier molecular flexibility index (Phi) is 4.55. The van der Waals surface area contributed by atoms with E-state index in [1.807, 2.05) is 6.20 Å². The normalized spacial score (nSPS) is 22.2. The average molecular weight is 236 g/mol. The lowest BCUT2D eigenvalue weighted by Crippen LogP contribution is -2.27. The molecular weight excluding hydrogens is 216 g/mol. The number of hydrogen-bond acceptors (Lipinski definition) is 3. The number of nitrogens with zero attached hydrogens (tertiary/aromatic N) is 1. The molecule has 3 heteroatoms. The monoisotopic (exact) mass is 236 g/mol. The van der Waals surface area contributed by atoms with Gasteiger partial charge in [-0.15, -0.1) is 11.3 Å². The molecule has 2 atom stereocenters. The van der Waals surface area contributed by atoms with Crippen molar-refractivity contribution in [3.63, 3.8) is 0 Å². The van der Waals surface area contributed by atoms with Crippen molar-refractivity contribution in [2.45, 2.75) is 32.1 Å². The molecule has 88 valence electrons. The van der Waals surface area contributed by atoms with Gasteiger partial charge in [0.05, 0.1) is 5.01 Å². The summed E-state index contributed by atoms with van der Waals surface area (Å²) in [5, 5.41) is 6.88. The van der Waals surface area contributed by atoms with Gasteiger partial charge in [0, 0.05) is 24.0 Å². The number of hydrogen-bond donors (Lipinski definition) is 1. The molecule has 0 aliphatic heterocycles. The van der Waals surface area contributed by atoms with Crippen molar-refractivity contribution in [2.75, 3.05) is 13.1 Å². The molecule has 2 unspecified atom stereocenters. The smallest absolute Gasteiger partial charge is 0.0965 e. The molecule has 1 heterocycles. The average Bonchev–Trinajstić information content (AvgIpc) is 2.84. The van der Waals surface area contributed by atoms with Gasteiger partial charge >= 0.3 is 0 Å². The second-order valence-corrected chi connectivity index (χ2v) is 5.51. The van der Waals surface area contributed by atoms with Crippen LogP contribution in [0.15, 0.2) is 23.7 Å². The van der Waals surface area contributed by atoms with E-state index >= 15 is 0 Å². The Morgan fingerprint density at radius 3 is 3.19 bits per heavy atom. The van der Waals surface area contributed by atoms with Crippen LogP contribution < -0.4 is 5.32 Å². The molecule has 2 nitrogen and oxygen atoms in total. The Morgan fingerprint density at radius 2 is 2.50 bits per heavy atom. The van der Waals surface area contributed by atoms with Crippen LogP contribution >= 0.6 is 11.3 Å². The summed E-state index contributed by atoms with van der Waals surface area (Å²) in [6, 6.07) is 0. The van der Waals surface area contributed by atoms with Gasteiger partial charge in [-0.1, -0.05) is 19.1 Å². The fraction of sp³-hybridized carbons (Fsp3) is 0.615. The van der Waals surface area contributed by atoms with E-state index in [1.165, 1.54) is 24.3 Å². The summed E-state index contributed by atoms with van der Waals surface area (Å²) in [6.45, 7) is 4.44. The first kappa shape index (κ1) is 11.8. The summed E-state index contributed by atoms with van der Waals surface area (Å²) < 4.78 is 0. The van der Waals surface area contributed by atoms with Gasteiger partial charge in [-0.25, -0.2) is 4.98 Å². The van der Waals surface area contributed by atoms with Crippen molar-refractivity contribution in [2.24, 2.45) is 5.92 Å². The molecule has 0 saturated carbocycles. The fourth-order valence-electron chi connectivity index (χ4n) is 2.11. The molecular formula is C13H20N2S. The van der Waals surface area contributed by atoms with Crippen molar-refractivity contribution in [3.05, 3.63) is 28.7 Å². The van der Waals surface area contributed by atoms with Gasteiger partial charge in [-0.2, -0.15) is 0 Å². The lowest BCUT2D eigenvalue weighted by Gasteiger charge is -2.19. The van der Waals surface area contributed by atoms with Crippen molar-refractivity contribution in [1.82, 2.24) is 10.3 Å². The van der Waals surface area contributed by atoms with Gasteiger partial charge in [0.25, 0.3) is 0 Å². The molecule has 1 aromatic heterocycles. The molecule has 1 aliphatic rings. The van der Waals surface area contributed by atoms with E-state index in [4.69, 9.17) is 0 Å². The van der Waals surface area contributed by atoms with Gasteiger partial charge < -0.3 is 5.32 Å². The summed E-state index contributed by atoms with van der Waals surface area (Å²) in [4.78, 5) is 4.35. The van der Waals surface area contributed by atoms with E-state index in [9.17, 15) is 0 Å². The highest BCUT2D eigenvalue weighted by molar-refractivity contribution is 7.09. The van der Waals surface area contributed by atoms with Crippen LogP contribution in [-0.4, -0.2) is 18.1 Å². The number of allylic oxidation sites excluding steroid dienone is 2. The van der Waals surface area contributed by atoms with Crippen LogP contribution in [-0.2, 0) is 0 Å². The van der Waals surface area contributed by atoms with E-state index in [-0.39, 0.29) is 0 Å². The van der Waals surface area contributed by atoms with Crippen LogP contribution in [0.1, 0.15) is 37.1 Å². The van der Waals surface area contributed by atoms with Crippen molar-refractivity contribution in [3.8, 4) is 0 Å². The maximum atomic E-state index is 4.35. The second kappa shape index (κ2) is 6.16. The molecule has 16 heavy (non-hydrogen) atoms. The van der Waals surface area contributed by atoms with Crippen molar-refractivity contribution < 1.29 is 0 Å². The number of nitrogens with one attached hydrogen (secondary N) is 1. The van der Waals surface area contributed by atoms with E-state index in [0.29, 0.717) is 5.92 Å². The van der Waals surface area contributed by atoms with E-state index in [1.54, 1.807) is 11.3 Å². The topological polar surface area (TPSA) is 24.9 Å². The zero-order valence-corrected chi connectivity index (χ0v) is 10.7. The second-order valence-electron chi connectivity index (χ2n) is 4.58. The maximum absolute atomic E-state index is 4.35. The van der Waals surface area contributed by atoms with Crippen molar-refractivity contribution in [1.29, 1.82) is 0 Å². The highest BCUT2D eigenvalue weighted by Crippen LogP contribution is 2.19. The lowest BCUT2D eigenvalue weighted by atomic mass is 9.94. The van der Waals surface area contributed by atoms with Crippen LogP contribution in [0.25, 0.3) is 0 Å². The minimum atomic E-state index is 0.541. The largest absolute Gasteiger partial charge is 0.316 e. The molecule has 0 aromatic carbocycles. The lowest BCUT2D eigenvalue weighted by molar-refractivity contribution is 0.434. The fourth-order valence-corrected chi connectivity index (χ4v) is 2.81. The van der Waals surface area contributed by atoms with Crippen LogP contribution in [0.2, 0.25) is 0 Å². The molecule has 0 fully saturated rings. The third-order valence-corrected chi connectivity index (χ3v) is 4.14. The minimum Gasteiger partial charge on any atom is -0.316 e. The first-order chi connectivity index (χ1) is 7.86. The predicted octanol–water partition coefficient (Wildman–Crippen LogP) is 3.19. The minimum absolute atomic E-state index is 0.541. The zero-order chi connectivity index (χ0) is 11.2. The van der Waals surface area contributed by atoms with Gasteiger partial charge in [-0.05, 0) is 31.7 Å². The summed E-state index contributed by atoms with van der Waals surface area (Å²) in [5.74, 6) is 1.38. The Hall–Kier alpha value is -0.670. The first-order valence-corrected chi connectivity index (χ1v) is 6.99. The van der Waals surface area contributed by atoms with Crippen LogP contribution in [0.4, 0.5) is 0 Å². The van der Waals surface area contributed by atoms with Gasteiger partial charge in [0.1, 0.15) is 0 Å². The van der Waals surface area contributed by atoms with Crippen LogP contribution in [0.3, 0.4) is 0 Å². The Balaban J connectivity index is 1.66. The summed E-state index contributed by atoms with van der Waals surface area (Å²) in [7, 11) is 0. The molecule has 0 amide bonds. The molecule has 0 bridgehead atoms. The van der Waals surface area contributed by atoms with Gasteiger partial charge in [0.15, 0.2) is 0 Å². The van der Waals surface area contributed by atoms with Gasteiger partial charge in [-0.3, -0.25) is 0 Å². The molecule has 0 spiro atoms. The molecule has 1 aromatic rings. The third-order valence-electron chi connectivity index (χ3n) is 3.13. The zero-order valence-electron chi connectivity index (χ0n) is 9.86. The quantitative estimate of drug-likeness (QED) is 0.794. The standard InChI is InChI=1S/C13H20N2S/c1-11(13-15-7-8-16-13)9-14-10-12-5-3-2-4-6-12/h2-3,7-8,11-12,14H,4-6,9-10H2,1H3. The molecule has 2 rings (SSSR count). The predicted molar refractivity (Wildman–Crippen MR) is 69.9 cm³/mol. The van der Waals surface area contributed by atoms with Crippen LogP contribution in [0.5, 0.6) is 0 Å². The highest BCUT2D eigenvalue weighted by atomic mass is 32.1. The van der Waals surface area contributed by atoms with Gasteiger partial charge in [0.2, 0.25) is 0 Å².